The number of anilines is 1. The smallest absolute Gasteiger partial charge is 0.270 e. The summed E-state index contributed by atoms with van der Waals surface area (Å²) < 4.78 is 28.5. The fraction of sp³-hybridized carbons (Fsp3) is 0.483. The lowest BCUT2D eigenvalue weighted by atomic mass is 9.88. The Morgan fingerprint density at radius 1 is 1.03 bits per heavy atom. The fourth-order valence-electron chi connectivity index (χ4n) is 6.57. The van der Waals surface area contributed by atoms with E-state index < -0.39 is 11.6 Å². The van der Waals surface area contributed by atoms with Crippen molar-refractivity contribution in [1.29, 1.82) is 0 Å². The fourth-order valence-corrected chi connectivity index (χ4v) is 6.80. The average Bonchev–Trinajstić information content (AvgIpc) is 3.67. The summed E-state index contributed by atoms with van der Waals surface area (Å²) in [5, 5.41) is 5.14. The summed E-state index contributed by atoms with van der Waals surface area (Å²) in [5.74, 6) is -1.31. The van der Waals surface area contributed by atoms with Gasteiger partial charge in [0.2, 0.25) is 0 Å². The number of nitrogens with zero attached hydrogens (tertiary/aromatic N) is 2. The van der Waals surface area contributed by atoms with Crippen molar-refractivity contribution in [2.45, 2.75) is 50.5 Å². The highest BCUT2D eigenvalue weighted by molar-refractivity contribution is 6.32. The molecule has 1 saturated carbocycles. The molecule has 2 aromatic carbocycles. The Labute approximate surface area is 221 Å². The Kier molecular flexibility index (Phi) is 6.84. The van der Waals surface area contributed by atoms with E-state index in [1.807, 2.05) is 23.1 Å². The molecule has 0 unspecified atom stereocenters. The molecule has 0 bridgehead atoms. The summed E-state index contributed by atoms with van der Waals surface area (Å²) >= 11 is 6.42. The third kappa shape index (κ3) is 5.08. The van der Waals surface area contributed by atoms with Crippen LogP contribution in [-0.2, 0) is 0 Å². The molecule has 3 heterocycles. The zero-order valence-corrected chi connectivity index (χ0v) is 21.7. The van der Waals surface area contributed by atoms with Crippen LogP contribution in [0.5, 0.6) is 0 Å². The van der Waals surface area contributed by atoms with Crippen molar-refractivity contribution in [1.82, 2.24) is 14.8 Å². The first kappa shape index (κ1) is 24.7. The SMILES string of the molecule is O=C(c1cc2cc(Cl)cc(NC3CCCC3)c2[nH]1)N1C[C@@H](CN2CCCC2)[C@H](c2ccc(F)cc2F)C1. The third-order valence-corrected chi connectivity index (χ3v) is 8.64. The number of hydrogen-bond acceptors (Lipinski definition) is 3. The summed E-state index contributed by atoms with van der Waals surface area (Å²) in [6.45, 7) is 3.82. The largest absolute Gasteiger partial charge is 0.381 e. The number of hydrogen-bond donors (Lipinski definition) is 2. The van der Waals surface area contributed by atoms with Crippen molar-refractivity contribution in [3.05, 3.63) is 64.3 Å². The number of amides is 1. The Hall–Kier alpha value is -2.64. The molecule has 3 fully saturated rings. The van der Waals surface area contributed by atoms with Crippen molar-refractivity contribution in [3.63, 3.8) is 0 Å². The molecule has 2 atom stereocenters. The van der Waals surface area contributed by atoms with E-state index in [1.54, 1.807) is 6.07 Å². The molecule has 196 valence electrons. The first-order chi connectivity index (χ1) is 17.9. The van der Waals surface area contributed by atoms with Crippen LogP contribution < -0.4 is 5.32 Å². The monoisotopic (exact) mass is 526 g/mol. The second kappa shape index (κ2) is 10.3. The molecule has 2 N–H and O–H groups in total. The van der Waals surface area contributed by atoms with E-state index in [0.717, 1.165) is 55.1 Å². The molecule has 1 amide bonds. The lowest BCUT2D eigenvalue weighted by Gasteiger charge is -2.24. The number of fused-ring (bicyclic) bond motifs is 1. The van der Waals surface area contributed by atoms with E-state index in [9.17, 15) is 13.6 Å². The molecular weight excluding hydrogens is 494 g/mol. The first-order valence-corrected chi connectivity index (χ1v) is 13.9. The summed E-state index contributed by atoms with van der Waals surface area (Å²) in [7, 11) is 0. The van der Waals surface area contributed by atoms with Crippen molar-refractivity contribution >= 4 is 34.1 Å². The van der Waals surface area contributed by atoms with Crippen molar-refractivity contribution < 1.29 is 13.6 Å². The molecule has 1 aromatic heterocycles. The highest BCUT2D eigenvalue weighted by atomic mass is 35.5. The molecule has 6 rings (SSSR count). The minimum Gasteiger partial charge on any atom is -0.381 e. The van der Waals surface area contributed by atoms with Gasteiger partial charge in [0.05, 0.1) is 11.2 Å². The molecule has 0 spiro atoms. The number of rotatable bonds is 6. The van der Waals surface area contributed by atoms with Crippen LogP contribution in [0.3, 0.4) is 0 Å². The van der Waals surface area contributed by atoms with Gasteiger partial charge < -0.3 is 20.1 Å². The summed E-state index contributed by atoms with van der Waals surface area (Å²) in [6.07, 6.45) is 7.04. The van der Waals surface area contributed by atoms with E-state index in [-0.39, 0.29) is 17.7 Å². The number of carbonyl (C=O) groups is 1. The van der Waals surface area contributed by atoms with Gasteiger partial charge in [-0.1, -0.05) is 30.5 Å². The van der Waals surface area contributed by atoms with Gasteiger partial charge in [-0.15, -0.1) is 0 Å². The van der Waals surface area contributed by atoms with Gasteiger partial charge in [-0.05, 0) is 74.5 Å². The zero-order valence-electron chi connectivity index (χ0n) is 20.9. The second-order valence-corrected chi connectivity index (χ2v) is 11.4. The molecule has 0 radical (unpaired) electrons. The van der Waals surface area contributed by atoms with Crippen LogP contribution in [0.2, 0.25) is 5.02 Å². The van der Waals surface area contributed by atoms with Gasteiger partial charge in [-0.25, -0.2) is 8.78 Å². The van der Waals surface area contributed by atoms with Gasteiger partial charge >= 0.3 is 0 Å². The van der Waals surface area contributed by atoms with Crippen LogP contribution in [0.15, 0.2) is 36.4 Å². The number of H-pyrrole nitrogens is 1. The molecular formula is C29H33ClF2N4O. The van der Waals surface area contributed by atoms with E-state index in [1.165, 1.54) is 31.7 Å². The second-order valence-electron chi connectivity index (χ2n) is 11.0. The third-order valence-electron chi connectivity index (χ3n) is 8.42. The van der Waals surface area contributed by atoms with Gasteiger partial charge in [0.1, 0.15) is 17.3 Å². The maximum atomic E-state index is 14.8. The summed E-state index contributed by atoms with van der Waals surface area (Å²) in [6, 6.07) is 9.89. The maximum Gasteiger partial charge on any atom is 0.270 e. The number of nitrogens with one attached hydrogen (secondary N) is 2. The van der Waals surface area contributed by atoms with E-state index in [4.69, 9.17) is 11.6 Å². The number of benzene rings is 2. The Bertz CT molecular complexity index is 1300. The molecule has 5 nitrogen and oxygen atoms in total. The van der Waals surface area contributed by atoms with Crippen LogP contribution in [0.1, 0.15) is 60.5 Å². The van der Waals surface area contributed by atoms with Crippen LogP contribution in [0.4, 0.5) is 14.5 Å². The lowest BCUT2D eigenvalue weighted by Crippen LogP contribution is -2.32. The normalized spacial score (nSPS) is 22.9. The zero-order chi connectivity index (χ0) is 25.5. The number of likely N-dealkylation sites (tertiary alicyclic amines) is 2. The molecule has 2 saturated heterocycles. The molecule has 8 heteroatoms. The number of aromatic nitrogens is 1. The Morgan fingerprint density at radius 3 is 2.57 bits per heavy atom. The Balaban J connectivity index is 1.27. The number of halogens is 3. The van der Waals surface area contributed by atoms with E-state index in [0.29, 0.717) is 35.4 Å². The molecule has 3 aliphatic rings. The quantitative estimate of drug-likeness (QED) is 0.390. The molecule has 2 aliphatic heterocycles. The predicted octanol–water partition coefficient (Wildman–Crippen LogP) is 6.41. The summed E-state index contributed by atoms with van der Waals surface area (Å²) in [5.41, 5.74) is 2.81. The van der Waals surface area contributed by atoms with Crippen molar-refractivity contribution in [2.24, 2.45) is 5.92 Å². The molecule has 3 aromatic rings. The van der Waals surface area contributed by atoms with Crippen LogP contribution in [0.25, 0.3) is 10.9 Å². The molecule has 1 aliphatic carbocycles. The Morgan fingerprint density at radius 2 is 1.81 bits per heavy atom. The summed E-state index contributed by atoms with van der Waals surface area (Å²) in [4.78, 5) is 21.3. The topological polar surface area (TPSA) is 51.4 Å². The minimum atomic E-state index is -0.581. The highest BCUT2D eigenvalue weighted by Crippen LogP contribution is 2.37. The van der Waals surface area contributed by atoms with Crippen LogP contribution in [0, 0.1) is 17.6 Å². The van der Waals surface area contributed by atoms with E-state index in [2.05, 4.69) is 15.2 Å². The van der Waals surface area contributed by atoms with Crippen molar-refractivity contribution in [2.75, 3.05) is 38.0 Å². The van der Waals surface area contributed by atoms with Crippen LogP contribution >= 0.6 is 11.6 Å². The highest BCUT2D eigenvalue weighted by Gasteiger charge is 2.39. The van der Waals surface area contributed by atoms with E-state index >= 15 is 0 Å². The average molecular weight is 527 g/mol. The molecule has 37 heavy (non-hydrogen) atoms. The van der Waals surface area contributed by atoms with Gasteiger partial charge in [0, 0.05) is 48.1 Å². The number of carbonyl (C=O) groups excluding carboxylic acids is 1. The first-order valence-electron chi connectivity index (χ1n) is 13.5. The number of aromatic amines is 1. The van der Waals surface area contributed by atoms with Crippen LogP contribution in [-0.4, -0.2) is 59.5 Å². The van der Waals surface area contributed by atoms with Gasteiger partial charge in [0.15, 0.2) is 0 Å². The standard InChI is InChI=1S/C29H33ClF2N4O/c30-20-11-18-12-27(34-28(18)26(13-20)33-22-5-1-2-6-22)29(37)36-16-19(15-35-9-3-4-10-35)24(17-36)23-8-7-21(31)14-25(23)32/h7-8,11-14,19,22,24,33-34H,1-6,9-10,15-17H2/t19-,24-/m1/s1. The predicted molar refractivity (Wildman–Crippen MR) is 143 cm³/mol. The van der Waals surface area contributed by atoms with Gasteiger partial charge in [-0.3, -0.25) is 4.79 Å². The van der Waals surface area contributed by atoms with Crippen molar-refractivity contribution in [3.8, 4) is 0 Å². The van der Waals surface area contributed by atoms with Gasteiger partial charge in [0.25, 0.3) is 5.91 Å². The lowest BCUT2D eigenvalue weighted by molar-refractivity contribution is 0.0778. The maximum absolute atomic E-state index is 14.8. The van der Waals surface area contributed by atoms with Gasteiger partial charge in [-0.2, -0.15) is 0 Å². The minimum absolute atomic E-state index is 0.0837.